The van der Waals surface area contributed by atoms with Crippen LogP contribution in [0.25, 0.3) is 0 Å². The highest BCUT2D eigenvalue weighted by Gasteiger charge is 2.35. The highest BCUT2D eigenvalue weighted by molar-refractivity contribution is 7.92. The maximum atomic E-state index is 12.7. The smallest absolute Gasteiger partial charge is 0.425 e. The van der Waals surface area contributed by atoms with Crippen molar-refractivity contribution in [2.45, 2.75) is 84.7 Å². The highest BCUT2D eigenvalue weighted by Crippen LogP contribution is 2.15. The minimum absolute atomic E-state index is 0.138. The van der Waals surface area contributed by atoms with E-state index >= 15 is 0 Å². The summed E-state index contributed by atoms with van der Waals surface area (Å²) in [6, 6.07) is -2.15. The number of carbonyl (C=O) groups excluding carboxylic acids is 3. The molecule has 186 valence electrons. The zero-order valence-corrected chi connectivity index (χ0v) is 21.3. The van der Waals surface area contributed by atoms with Gasteiger partial charge in [-0.25, -0.2) is 24.1 Å². The van der Waals surface area contributed by atoms with Gasteiger partial charge in [-0.1, -0.05) is 33.8 Å². The Morgan fingerprint density at radius 1 is 1.09 bits per heavy atom. The fourth-order valence-corrected chi connectivity index (χ4v) is 4.36. The van der Waals surface area contributed by atoms with Crippen molar-refractivity contribution in [2.75, 3.05) is 5.88 Å². The van der Waals surface area contributed by atoms with Crippen molar-refractivity contribution in [2.24, 2.45) is 17.7 Å². The fourth-order valence-electron chi connectivity index (χ4n) is 2.83. The molecule has 10 nitrogen and oxygen atoms in total. The minimum atomic E-state index is -3.65. The summed E-state index contributed by atoms with van der Waals surface area (Å²) in [6.45, 7) is 17.1. The molecule has 0 spiro atoms. The van der Waals surface area contributed by atoms with Gasteiger partial charge in [-0.05, 0) is 46.0 Å². The van der Waals surface area contributed by atoms with Crippen LogP contribution < -0.4 is 16.5 Å². The molecule has 0 saturated carbocycles. The molecule has 3 atom stereocenters. The van der Waals surface area contributed by atoms with E-state index in [-0.39, 0.29) is 11.8 Å². The van der Waals surface area contributed by atoms with E-state index in [2.05, 4.69) is 17.2 Å². The highest BCUT2D eigenvalue weighted by atomic mass is 32.2. The van der Waals surface area contributed by atoms with Crippen molar-refractivity contribution in [1.82, 2.24) is 15.6 Å². The molecule has 0 heterocycles. The number of ether oxygens (including phenoxy) is 1. The van der Waals surface area contributed by atoms with Gasteiger partial charge in [0.2, 0.25) is 11.8 Å². The summed E-state index contributed by atoms with van der Waals surface area (Å²) in [5.41, 5.74) is -0.801. The van der Waals surface area contributed by atoms with Crippen molar-refractivity contribution in [3.05, 3.63) is 12.7 Å². The van der Waals surface area contributed by atoms with Gasteiger partial charge in [0.05, 0.1) is 5.25 Å². The Hall–Kier alpha value is -2.14. The van der Waals surface area contributed by atoms with Crippen molar-refractivity contribution < 1.29 is 27.5 Å². The number of amides is 3. The molecule has 32 heavy (non-hydrogen) atoms. The van der Waals surface area contributed by atoms with Crippen molar-refractivity contribution in [1.29, 1.82) is 0 Å². The lowest BCUT2D eigenvalue weighted by atomic mass is 10.0. The number of hydrogen-bond donors (Lipinski definition) is 3. The largest absolute Gasteiger partial charge is 0.443 e. The van der Waals surface area contributed by atoms with Gasteiger partial charge in [0, 0.05) is 0 Å². The lowest BCUT2D eigenvalue weighted by Crippen LogP contribution is -2.59. The van der Waals surface area contributed by atoms with Gasteiger partial charge in [0.1, 0.15) is 23.6 Å². The Morgan fingerprint density at radius 3 is 2.03 bits per heavy atom. The van der Waals surface area contributed by atoms with Crippen LogP contribution in [-0.2, 0) is 24.2 Å². The van der Waals surface area contributed by atoms with Gasteiger partial charge >= 0.3 is 6.09 Å². The summed E-state index contributed by atoms with van der Waals surface area (Å²) in [5, 5.41) is 4.73. The molecule has 0 rings (SSSR count). The van der Waals surface area contributed by atoms with E-state index in [1.165, 1.54) is 13.0 Å². The third kappa shape index (κ3) is 9.99. The number of nitrogens with one attached hydrogen (secondary N) is 2. The molecule has 0 aromatic rings. The second-order valence-corrected chi connectivity index (χ2v) is 11.8. The van der Waals surface area contributed by atoms with Crippen LogP contribution in [0.1, 0.15) is 61.8 Å². The van der Waals surface area contributed by atoms with E-state index in [9.17, 15) is 22.8 Å². The molecule has 0 aliphatic rings. The molecule has 0 fully saturated rings. The standard InChI is InChI=1S/C21H40N4O6S/c1-10-16(11-13(2)3)32(29,30)12-23-18(26)15(6)24-19(27)17(14(4)5)25(22)20(28)31-21(7,8)9/h10,13-17H,1,11-12,22H2,2-9H3,(H,23,26)(H,24,27). The molecular formula is C21H40N4O6S. The van der Waals surface area contributed by atoms with Gasteiger partial charge in [0.25, 0.3) is 0 Å². The maximum absolute atomic E-state index is 12.7. The van der Waals surface area contributed by atoms with Crippen molar-refractivity contribution in [3.63, 3.8) is 0 Å². The Bertz CT molecular complexity index is 774. The van der Waals surface area contributed by atoms with E-state index in [0.29, 0.717) is 11.4 Å². The van der Waals surface area contributed by atoms with E-state index in [0.717, 1.165) is 0 Å². The molecule has 0 aromatic heterocycles. The average molecular weight is 477 g/mol. The summed E-state index contributed by atoms with van der Waals surface area (Å²) in [6.07, 6.45) is 0.864. The first-order chi connectivity index (χ1) is 14.4. The quantitative estimate of drug-likeness (QED) is 0.178. The second-order valence-electron chi connectivity index (χ2n) is 9.56. The lowest BCUT2D eigenvalue weighted by Gasteiger charge is -2.32. The zero-order chi connectivity index (χ0) is 25.4. The van der Waals surface area contributed by atoms with E-state index < -0.39 is 56.6 Å². The monoisotopic (exact) mass is 476 g/mol. The molecule has 4 N–H and O–H groups in total. The second kappa shape index (κ2) is 12.2. The van der Waals surface area contributed by atoms with Crippen molar-refractivity contribution in [3.8, 4) is 0 Å². The van der Waals surface area contributed by atoms with Crippen molar-refractivity contribution >= 4 is 27.7 Å². The summed E-state index contributed by atoms with van der Waals surface area (Å²) < 4.78 is 30.1. The number of nitrogens with zero attached hydrogens (tertiary/aromatic N) is 1. The van der Waals surface area contributed by atoms with Crippen LogP contribution in [0, 0.1) is 11.8 Å². The van der Waals surface area contributed by atoms with Crippen LogP contribution in [0.2, 0.25) is 0 Å². The normalized spacial score (nSPS) is 15.0. The van der Waals surface area contributed by atoms with E-state index in [1.807, 2.05) is 13.8 Å². The lowest BCUT2D eigenvalue weighted by molar-refractivity contribution is -0.132. The summed E-state index contributed by atoms with van der Waals surface area (Å²) in [7, 11) is -3.65. The van der Waals surface area contributed by atoms with Crippen LogP contribution >= 0.6 is 0 Å². The average Bonchev–Trinajstić information content (AvgIpc) is 2.61. The Kier molecular flexibility index (Phi) is 11.4. The topological polar surface area (TPSA) is 148 Å². The van der Waals surface area contributed by atoms with Gasteiger partial charge in [0.15, 0.2) is 9.84 Å². The third-order valence-corrected chi connectivity index (χ3v) is 6.29. The summed E-state index contributed by atoms with van der Waals surface area (Å²) in [4.78, 5) is 37.4. The number of hydrazine groups is 1. The van der Waals surface area contributed by atoms with Crippen LogP contribution in [0.15, 0.2) is 12.7 Å². The Labute approximate surface area is 192 Å². The maximum Gasteiger partial charge on any atom is 0.425 e. The molecule has 0 bridgehead atoms. The fraction of sp³-hybridized carbons (Fsp3) is 0.762. The van der Waals surface area contributed by atoms with Gasteiger partial charge < -0.3 is 15.4 Å². The molecule has 0 radical (unpaired) electrons. The first kappa shape index (κ1) is 29.9. The number of rotatable bonds is 11. The molecule has 0 saturated heterocycles. The molecule has 0 aliphatic heterocycles. The predicted molar refractivity (Wildman–Crippen MR) is 124 cm³/mol. The molecule has 3 amide bonds. The number of sulfone groups is 1. The number of nitrogens with two attached hydrogens (primary N) is 1. The Balaban J connectivity index is 5.14. The molecule has 3 unspecified atom stereocenters. The third-order valence-electron chi connectivity index (χ3n) is 4.43. The van der Waals surface area contributed by atoms with Crippen LogP contribution in [0.5, 0.6) is 0 Å². The number of hydrogen-bond acceptors (Lipinski definition) is 7. The van der Waals surface area contributed by atoms with Crippen LogP contribution in [0.4, 0.5) is 4.79 Å². The minimum Gasteiger partial charge on any atom is -0.443 e. The zero-order valence-electron chi connectivity index (χ0n) is 20.5. The first-order valence-corrected chi connectivity index (χ1v) is 12.3. The Morgan fingerprint density at radius 2 is 1.62 bits per heavy atom. The predicted octanol–water partition coefficient (Wildman–Crippen LogP) is 1.72. The molecule has 0 aromatic carbocycles. The van der Waals surface area contributed by atoms with Gasteiger partial charge in [-0.2, -0.15) is 0 Å². The van der Waals surface area contributed by atoms with Gasteiger partial charge in [-0.15, -0.1) is 6.58 Å². The summed E-state index contributed by atoms with van der Waals surface area (Å²) in [5.74, 6) is 3.66. The summed E-state index contributed by atoms with van der Waals surface area (Å²) >= 11 is 0. The van der Waals surface area contributed by atoms with Gasteiger partial charge in [-0.3, -0.25) is 9.59 Å². The molecule has 0 aliphatic carbocycles. The van der Waals surface area contributed by atoms with E-state index in [1.54, 1.807) is 34.6 Å². The van der Waals surface area contributed by atoms with E-state index in [4.69, 9.17) is 10.6 Å². The first-order valence-electron chi connectivity index (χ1n) is 10.6. The van der Waals surface area contributed by atoms with Crippen LogP contribution in [-0.4, -0.2) is 60.1 Å². The number of carbonyl (C=O) groups is 3. The van der Waals surface area contributed by atoms with Crippen LogP contribution in [0.3, 0.4) is 0 Å². The SMILES string of the molecule is C=CC(CC(C)C)S(=O)(=O)CNC(=O)C(C)NC(=O)C(C(C)C)N(N)C(=O)OC(C)(C)C. The molecular weight excluding hydrogens is 436 g/mol. The molecule has 11 heteroatoms.